The van der Waals surface area contributed by atoms with Crippen LogP contribution in [0.25, 0.3) is 0 Å². The van der Waals surface area contributed by atoms with Gasteiger partial charge in [-0.2, -0.15) is 0 Å². The molecule has 0 aromatic heterocycles. The maximum absolute atomic E-state index is 13.3. The van der Waals surface area contributed by atoms with Crippen molar-refractivity contribution in [3.63, 3.8) is 0 Å². The Morgan fingerprint density at radius 2 is 1.46 bits per heavy atom. The van der Waals surface area contributed by atoms with Crippen LogP contribution in [0.4, 0.5) is 0 Å². The van der Waals surface area contributed by atoms with E-state index in [2.05, 4.69) is 0 Å². The Morgan fingerprint density at radius 3 is 1.98 bits per heavy atom. The zero-order valence-electron chi connectivity index (χ0n) is 24.0. The van der Waals surface area contributed by atoms with E-state index in [0.717, 1.165) is 5.56 Å². The first-order valence-corrected chi connectivity index (χ1v) is 16.3. The third-order valence-corrected chi connectivity index (χ3v) is 8.86. The predicted octanol–water partition coefficient (Wildman–Crippen LogP) is 5.40. The van der Waals surface area contributed by atoms with E-state index in [0.29, 0.717) is 42.1 Å². The average Bonchev–Trinajstić information content (AvgIpc) is 3.43. The minimum Gasteiger partial charge on any atom is -0.493 e. The number of carbonyl (C=O) groups is 1. The summed E-state index contributed by atoms with van der Waals surface area (Å²) < 4.78 is 83.2. The van der Waals surface area contributed by atoms with Crippen LogP contribution < -0.4 is 23.7 Å². The smallest absolute Gasteiger partial charge is 0.315 e. The zero-order valence-corrected chi connectivity index (χ0v) is 25.7. The summed E-state index contributed by atoms with van der Waals surface area (Å²) in [6.45, 7) is 3.32. The van der Waals surface area contributed by atoms with E-state index < -0.39 is 35.2 Å². The Bertz CT molecular complexity index is 1370. The fourth-order valence-corrected chi connectivity index (χ4v) is 6.44. The molecule has 0 bridgehead atoms. The van der Waals surface area contributed by atoms with Crippen LogP contribution in [0.5, 0.6) is 28.7 Å². The number of benzene rings is 2. The molecule has 0 saturated carbocycles. The summed E-state index contributed by atoms with van der Waals surface area (Å²) in [6.07, 6.45) is 1.10. The van der Waals surface area contributed by atoms with E-state index in [1.54, 1.807) is 6.07 Å². The molecule has 0 N–H and O–H groups in total. The van der Waals surface area contributed by atoms with Gasteiger partial charge in [0.25, 0.3) is 0 Å². The van der Waals surface area contributed by atoms with Crippen LogP contribution >= 0.6 is 7.68 Å². The molecule has 1 saturated heterocycles. The zero-order chi connectivity index (χ0) is 30.2. The lowest BCUT2D eigenvalue weighted by Crippen LogP contribution is -2.16. The molecule has 0 radical (unpaired) electrons. The fourth-order valence-electron chi connectivity index (χ4n) is 4.60. The summed E-state index contributed by atoms with van der Waals surface area (Å²) in [6, 6.07) is 6.77. The summed E-state index contributed by atoms with van der Waals surface area (Å²) >= 11 is 0. The number of rotatable bonds is 16. The third-order valence-electron chi connectivity index (χ3n) is 6.41. The number of hydrogen-bond donors (Lipinski definition) is 0. The highest BCUT2D eigenvalue weighted by molar-refractivity contribution is 7.92. The molecule has 0 amide bonds. The summed E-state index contributed by atoms with van der Waals surface area (Å²) in [7, 11) is -2.08. The van der Waals surface area contributed by atoms with Crippen molar-refractivity contribution in [3.8, 4) is 28.7 Å². The maximum atomic E-state index is 13.3. The van der Waals surface area contributed by atoms with Gasteiger partial charge in [0.15, 0.2) is 32.8 Å². The van der Waals surface area contributed by atoms with Crippen LogP contribution in [0.15, 0.2) is 29.2 Å². The van der Waals surface area contributed by atoms with Crippen molar-refractivity contribution in [2.75, 3.05) is 46.5 Å². The molecule has 3 rings (SSSR count). The molecule has 11 nitrogen and oxygen atoms in total. The van der Waals surface area contributed by atoms with Crippen LogP contribution in [0.3, 0.4) is 0 Å². The van der Waals surface area contributed by atoms with Gasteiger partial charge in [0.2, 0.25) is 5.75 Å². The Hall–Kier alpha value is -3.08. The van der Waals surface area contributed by atoms with Crippen molar-refractivity contribution in [3.05, 3.63) is 35.4 Å². The highest BCUT2D eigenvalue weighted by atomic mass is 32.2. The van der Waals surface area contributed by atoms with E-state index in [9.17, 15) is 22.3 Å². The molecular formula is C28H37O11PS. The first-order valence-electron chi connectivity index (χ1n) is 13.3. The minimum atomic E-state index is -4.08. The van der Waals surface area contributed by atoms with Crippen molar-refractivity contribution in [2.45, 2.75) is 56.6 Å². The molecule has 1 heterocycles. The number of hydrogen-bond acceptors (Lipinski definition) is 11. The Kier molecular flexibility index (Phi) is 11.6. The van der Waals surface area contributed by atoms with Gasteiger partial charge in [-0.25, -0.2) is 17.5 Å². The summed E-state index contributed by atoms with van der Waals surface area (Å²) in [5.74, 6) is 0.368. The Morgan fingerprint density at radius 1 is 0.878 bits per heavy atom. The molecule has 1 fully saturated rings. The normalized spacial score (nSPS) is 16.7. The SMILES string of the molecule is CCCOc1c(OCCCP(=O)=O)cc([C@H]2CC[C@H](c3cc(OC)c(OC)c(OC)c3)O2)cc1S(=O)(=O)CC(C)=O. The standard InChI is InChI=1S/C28H37O11PS/c1-6-10-38-28-25(37-11-7-12-40(30)31)15-20(16-26(28)41(32,33)17-18(2)29)22-9-8-21(39-22)19-13-23(34-3)27(36-5)24(14-19)35-4/h13-16,21-22H,6-12,17H2,1-5H3/t21-,22-/m1/s1. The van der Waals surface area contributed by atoms with Crippen molar-refractivity contribution in [1.29, 1.82) is 0 Å². The van der Waals surface area contributed by atoms with Gasteiger partial charge >= 0.3 is 7.68 Å². The Labute approximate surface area is 241 Å². The van der Waals surface area contributed by atoms with E-state index in [-0.39, 0.29) is 48.3 Å². The van der Waals surface area contributed by atoms with Gasteiger partial charge < -0.3 is 28.4 Å². The first kappa shape index (κ1) is 32.4. The molecule has 226 valence electrons. The van der Waals surface area contributed by atoms with Crippen molar-refractivity contribution in [1.82, 2.24) is 0 Å². The van der Waals surface area contributed by atoms with Crippen molar-refractivity contribution < 1.29 is 50.8 Å². The lowest BCUT2D eigenvalue weighted by molar-refractivity contribution is -0.114. The van der Waals surface area contributed by atoms with Gasteiger partial charge in [-0.05, 0) is 68.0 Å². The first-order chi connectivity index (χ1) is 19.5. The van der Waals surface area contributed by atoms with Crippen LogP contribution in [-0.4, -0.2) is 60.7 Å². The quantitative estimate of drug-likeness (QED) is 0.178. The van der Waals surface area contributed by atoms with Crippen LogP contribution in [0.1, 0.15) is 62.9 Å². The predicted molar refractivity (Wildman–Crippen MR) is 150 cm³/mol. The molecule has 1 aliphatic heterocycles. The van der Waals surface area contributed by atoms with Gasteiger partial charge in [-0.1, -0.05) is 6.92 Å². The lowest BCUT2D eigenvalue weighted by atomic mass is 10.0. The second-order valence-electron chi connectivity index (χ2n) is 9.56. The highest BCUT2D eigenvalue weighted by Crippen LogP contribution is 2.48. The number of ether oxygens (including phenoxy) is 6. The molecule has 2 aromatic rings. The molecule has 2 atom stereocenters. The molecule has 13 heteroatoms. The Balaban J connectivity index is 2.03. The molecular weight excluding hydrogens is 575 g/mol. The molecule has 0 spiro atoms. The van der Waals surface area contributed by atoms with Gasteiger partial charge in [-0.15, -0.1) is 0 Å². The number of sulfone groups is 1. The summed E-state index contributed by atoms with van der Waals surface area (Å²) in [4.78, 5) is 11.7. The monoisotopic (exact) mass is 612 g/mol. The van der Waals surface area contributed by atoms with Crippen molar-refractivity contribution in [2.24, 2.45) is 0 Å². The number of ketones is 1. The number of methoxy groups -OCH3 is 3. The fraction of sp³-hybridized carbons (Fsp3) is 0.536. The van der Waals surface area contributed by atoms with Crippen LogP contribution in [0.2, 0.25) is 0 Å². The number of Topliss-reactive ketones (excluding diaryl/α,β-unsaturated/α-hetero) is 1. The van der Waals surface area contributed by atoms with Crippen LogP contribution in [-0.2, 0) is 28.5 Å². The van der Waals surface area contributed by atoms with E-state index in [1.807, 2.05) is 19.1 Å². The van der Waals surface area contributed by atoms with Crippen molar-refractivity contribution >= 4 is 23.3 Å². The van der Waals surface area contributed by atoms with Gasteiger partial charge in [0, 0.05) is 0 Å². The van der Waals surface area contributed by atoms with Crippen LogP contribution in [0, 0.1) is 0 Å². The summed E-state index contributed by atoms with van der Waals surface area (Å²) in [5.41, 5.74) is 1.34. The number of carbonyl (C=O) groups excluding carboxylic acids is 1. The lowest BCUT2D eigenvalue weighted by Gasteiger charge is -2.21. The second-order valence-corrected chi connectivity index (χ2v) is 12.6. The highest BCUT2D eigenvalue weighted by Gasteiger charge is 2.33. The van der Waals surface area contributed by atoms with E-state index in [1.165, 1.54) is 34.3 Å². The average molecular weight is 613 g/mol. The molecule has 1 aliphatic rings. The summed E-state index contributed by atoms with van der Waals surface area (Å²) in [5, 5.41) is 0. The second kappa shape index (κ2) is 14.7. The minimum absolute atomic E-state index is 0.00235. The molecule has 0 aliphatic carbocycles. The molecule has 0 unspecified atom stereocenters. The largest absolute Gasteiger partial charge is 0.493 e. The molecule has 41 heavy (non-hydrogen) atoms. The van der Waals surface area contributed by atoms with E-state index in [4.69, 9.17) is 28.4 Å². The molecule has 2 aromatic carbocycles. The maximum Gasteiger partial charge on any atom is 0.315 e. The van der Waals surface area contributed by atoms with Gasteiger partial charge in [-0.3, -0.25) is 4.79 Å². The van der Waals surface area contributed by atoms with Gasteiger partial charge in [0.05, 0.1) is 52.9 Å². The topological polar surface area (TPSA) is 141 Å². The van der Waals surface area contributed by atoms with Gasteiger partial charge in [0.1, 0.15) is 16.4 Å². The van der Waals surface area contributed by atoms with E-state index >= 15 is 0 Å². The third kappa shape index (κ3) is 8.24.